The zero-order valence-electron chi connectivity index (χ0n) is 14.7. The number of halogens is 1. The van der Waals surface area contributed by atoms with Gasteiger partial charge in [0.05, 0.1) is 12.2 Å². The maximum Gasteiger partial charge on any atom is 0.225 e. The van der Waals surface area contributed by atoms with Gasteiger partial charge in [0.15, 0.2) is 5.76 Å². The Balaban J connectivity index is 1.68. The van der Waals surface area contributed by atoms with Crippen molar-refractivity contribution in [3.63, 3.8) is 0 Å². The molecule has 130 valence electrons. The molecule has 3 rings (SSSR count). The molecule has 24 heavy (non-hydrogen) atoms. The van der Waals surface area contributed by atoms with E-state index in [4.69, 9.17) is 4.52 Å². The lowest BCUT2D eigenvalue weighted by Crippen LogP contribution is -2.39. The number of rotatable bonds is 5. The van der Waals surface area contributed by atoms with E-state index in [0.717, 1.165) is 22.7 Å². The minimum atomic E-state index is -0.812. The Bertz CT molecular complexity index is 704. The zero-order chi connectivity index (χ0) is 17.3. The van der Waals surface area contributed by atoms with Crippen LogP contribution in [0.2, 0.25) is 0 Å². The summed E-state index contributed by atoms with van der Waals surface area (Å²) in [6.07, 6.45) is 1.53. The van der Waals surface area contributed by atoms with Crippen molar-refractivity contribution in [1.82, 2.24) is 20.0 Å². The molecule has 1 aliphatic heterocycles. The minimum Gasteiger partial charge on any atom is -0.360 e. The number of likely N-dealkylation sites (tertiary alicyclic amines) is 1. The summed E-state index contributed by atoms with van der Waals surface area (Å²) in [4.78, 5) is 13.0. The van der Waals surface area contributed by atoms with Crippen molar-refractivity contribution in [1.29, 1.82) is 0 Å². The Morgan fingerprint density at radius 1 is 1.38 bits per heavy atom. The molecular weight excluding hydrogens is 309 g/mol. The monoisotopic (exact) mass is 333 g/mol. The highest BCUT2D eigenvalue weighted by Crippen LogP contribution is 2.24. The van der Waals surface area contributed by atoms with Crippen molar-refractivity contribution in [2.45, 2.75) is 46.0 Å². The summed E-state index contributed by atoms with van der Waals surface area (Å²) < 4.78 is 19.2. The molecule has 1 saturated heterocycles. The third-order valence-corrected chi connectivity index (χ3v) is 4.55. The topological polar surface area (TPSA) is 58.3 Å². The number of anilines is 1. The highest BCUT2D eigenvalue weighted by molar-refractivity contribution is 5.31. The smallest absolute Gasteiger partial charge is 0.225 e. The largest absolute Gasteiger partial charge is 0.360 e. The van der Waals surface area contributed by atoms with E-state index in [1.807, 2.05) is 45.0 Å². The van der Waals surface area contributed by atoms with E-state index in [0.29, 0.717) is 32.0 Å². The number of nitrogens with zero attached hydrogens (tertiary/aromatic N) is 5. The molecule has 0 saturated carbocycles. The summed E-state index contributed by atoms with van der Waals surface area (Å²) in [7, 11) is 1.95. The van der Waals surface area contributed by atoms with Crippen LogP contribution >= 0.6 is 0 Å². The number of aryl methyl sites for hydroxylation is 3. The van der Waals surface area contributed by atoms with Crippen LogP contribution in [0.3, 0.4) is 0 Å². The molecule has 3 heterocycles. The van der Waals surface area contributed by atoms with Crippen molar-refractivity contribution in [3.8, 4) is 0 Å². The maximum atomic E-state index is 14.0. The number of alkyl halides is 1. The Labute approximate surface area is 141 Å². The van der Waals surface area contributed by atoms with E-state index < -0.39 is 6.17 Å². The van der Waals surface area contributed by atoms with Crippen LogP contribution in [0.1, 0.15) is 29.1 Å². The van der Waals surface area contributed by atoms with E-state index >= 15 is 0 Å². The van der Waals surface area contributed by atoms with Crippen LogP contribution in [-0.4, -0.2) is 52.4 Å². The second-order valence-corrected chi connectivity index (χ2v) is 6.67. The standard InChI is InChI=1S/C17H24FN5O/c1-11-7-19-17(20-13(11)3)22(4)9-15-6-14(18)8-23(15)10-16-5-12(2)21-24-16/h5,7,14-15H,6,8-10H2,1-4H3/t14-,15-/m0/s1. The SMILES string of the molecule is Cc1cc(CN2C[C@@H](F)C[C@H]2CN(C)c2ncc(C)c(C)n2)on1. The average Bonchev–Trinajstić information content (AvgIpc) is 3.08. The molecule has 0 spiro atoms. The first-order chi connectivity index (χ1) is 11.4. The highest BCUT2D eigenvalue weighted by Gasteiger charge is 2.33. The molecular formula is C17H24FN5O. The van der Waals surface area contributed by atoms with Crippen LogP contribution < -0.4 is 4.90 Å². The van der Waals surface area contributed by atoms with Crippen molar-refractivity contribution >= 4 is 5.95 Å². The molecule has 1 aliphatic rings. The molecule has 0 N–H and O–H groups in total. The normalized spacial score (nSPS) is 21.4. The van der Waals surface area contributed by atoms with Crippen LogP contribution in [0.5, 0.6) is 0 Å². The van der Waals surface area contributed by atoms with Crippen molar-refractivity contribution in [2.75, 3.05) is 25.0 Å². The van der Waals surface area contributed by atoms with Gasteiger partial charge in [0.2, 0.25) is 5.95 Å². The van der Waals surface area contributed by atoms with Crippen LogP contribution in [0.15, 0.2) is 16.8 Å². The van der Waals surface area contributed by atoms with Crippen molar-refractivity contribution in [3.05, 3.63) is 35.0 Å². The molecule has 0 bridgehead atoms. The predicted octanol–water partition coefficient (Wildman–Crippen LogP) is 2.44. The molecule has 0 amide bonds. The van der Waals surface area contributed by atoms with E-state index in [1.54, 1.807) is 0 Å². The molecule has 0 radical (unpaired) electrons. The van der Waals surface area contributed by atoms with E-state index in [-0.39, 0.29) is 6.04 Å². The van der Waals surface area contributed by atoms with Gasteiger partial charge in [-0.2, -0.15) is 0 Å². The summed E-state index contributed by atoms with van der Waals surface area (Å²) in [5, 5.41) is 3.90. The van der Waals surface area contributed by atoms with Gasteiger partial charge in [-0.3, -0.25) is 4.90 Å². The van der Waals surface area contributed by atoms with Gasteiger partial charge in [-0.1, -0.05) is 5.16 Å². The fourth-order valence-corrected chi connectivity index (χ4v) is 3.09. The van der Waals surface area contributed by atoms with Gasteiger partial charge in [-0.05, 0) is 32.8 Å². The van der Waals surface area contributed by atoms with Crippen LogP contribution in [0.4, 0.5) is 10.3 Å². The van der Waals surface area contributed by atoms with Gasteiger partial charge in [0.1, 0.15) is 6.17 Å². The van der Waals surface area contributed by atoms with Gasteiger partial charge in [0.25, 0.3) is 0 Å². The van der Waals surface area contributed by atoms with Gasteiger partial charge in [-0.15, -0.1) is 0 Å². The van der Waals surface area contributed by atoms with E-state index in [9.17, 15) is 4.39 Å². The maximum absolute atomic E-state index is 14.0. The summed E-state index contributed by atoms with van der Waals surface area (Å²) in [5.74, 6) is 1.45. The van der Waals surface area contributed by atoms with Gasteiger partial charge in [-0.25, -0.2) is 14.4 Å². The molecule has 2 atom stereocenters. The first-order valence-electron chi connectivity index (χ1n) is 8.24. The minimum absolute atomic E-state index is 0.0978. The van der Waals surface area contributed by atoms with Crippen molar-refractivity contribution in [2.24, 2.45) is 0 Å². The van der Waals surface area contributed by atoms with E-state index in [1.165, 1.54) is 0 Å². The molecule has 0 unspecified atom stereocenters. The van der Waals surface area contributed by atoms with Crippen molar-refractivity contribution < 1.29 is 8.91 Å². The lowest BCUT2D eigenvalue weighted by Gasteiger charge is -2.27. The molecule has 0 aliphatic carbocycles. The summed E-state index contributed by atoms with van der Waals surface area (Å²) >= 11 is 0. The molecule has 6 nitrogen and oxygen atoms in total. The molecule has 0 aromatic carbocycles. The second kappa shape index (κ2) is 6.84. The van der Waals surface area contributed by atoms with Crippen LogP contribution in [0.25, 0.3) is 0 Å². The quantitative estimate of drug-likeness (QED) is 0.838. The third kappa shape index (κ3) is 3.72. The van der Waals surface area contributed by atoms with Crippen LogP contribution in [0, 0.1) is 20.8 Å². The Morgan fingerprint density at radius 2 is 2.17 bits per heavy atom. The number of aromatic nitrogens is 3. The number of hydrogen-bond donors (Lipinski definition) is 0. The summed E-state index contributed by atoms with van der Waals surface area (Å²) in [5.41, 5.74) is 2.88. The molecule has 7 heteroatoms. The average molecular weight is 333 g/mol. The lowest BCUT2D eigenvalue weighted by atomic mass is 10.2. The van der Waals surface area contributed by atoms with Gasteiger partial charge >= 0.3 is 0 Å². The van der Waals surface area contributed by atoms with E-state index in [2.05, 4.69) is 20.0 Å². The Kier molecular flexibility index (Phi) is 4.80. The fourth-order valence-electron chi connectivity index (χ4n) is 3.09. The zero-order valence-corrected chi connectivity index (χ0v) is 14.7. The first-order valence-corrected chi connectivity index (χ1v) is 8.24. The Hall–Kier alpha value is -2.02. The molecule has 2 aromatic rings. The first kappa shape index (κ1) is 16.8. The lowest BCUT2D eigenvalue weighted by molar-refractivity contribution is 0.209. The second-order valence-electron chi connectivity index (χ2n) is 6.67. The number of likely N-dealkylation sites (N-methyl/N-ethyl adjacent to an activating group) is 1. The summed E-state index contributed by atoms with van der Waals surface area (Å²) in [6, 6.07) is 2.00. The highest BCUT2D eigenvalue weighted by atomic mass is 19.1. The molecule has 1 fully saturated rings. The van der Waals surface area contributed by atoms with Gasteiger partial charge < -0.3 is 9.42 Å². The third-order valence-electron chi connectivity index (χ3n) is 4.55. The Morgan fingerprint density at radius 3 is 2.83 bits per heavy atom. The predicted molar refractivity (Wildman–Crippen MR) is 89.7 cm³/mol. The van der Waals surface area contributed by atoms with Crippen LogP contribution in [-0.2, 0) is 6.54 Å². The summed E-state index contributed by atoms with van der Waals surface area (Å²) in [6.45, 7) is 7.53. The number of hydrogen-bond acceptors (Lipinski definition) is 6. The fraction of sp³-hybridized carbons (Fsp3) is 0.588. The molecule has 2 aromatic heterocycles. The van der Waals surface area contributed by atoms with Gasteiger partial charge in [0, 0.05) is 44.1 Å².